The third kappa shape index (κ3) is 2.81. The first kappa shape index (κ1) is 17.9. The van der Waals surface area contributed by atoms with Crippen LogP contribution in [0, 0.1) is 27.7 Å². The molecule has 1 N–H and O–H groups in total. The molecule has 1 aromatic carbocycles. The van der Waals surface area contributed by atoms with Crippen molar-refractivity contribution in [3.05, 3.63) is 46.5 Å². The molecule has 0 aliphatic heterocycles. The van der Waals surface area contributed by atoms with Crippen LogP contribution in [0.1, 0.15) is 41.6 Å². The van der Waals surface area contributed by atoms with E-state index in [0.29, 0.717) is 23.7 Å². The molecule has 0 aliphatic carbocycles. The molecule has 0 saturated carbocycles. The first-order chi connectivity index (χ1) is 12.4. The van der Waals surface area contributed by atoms with E-state index >= 15 is 0 Å². The molecule has 0 aliphatic rings. The van der Waals surface area contributed by atoms with Crippen LogP contribution >= 0.6 is 0 Å². The summed E-state index contributed by atoms with van der Waals surface area (Å²) in [5.74, 6) is 1.48. The maximum Gasteiger partial charge on any atom is 0.149 e. The Balaban J connectivity index is 2.38. The third-order valence-corrected chi connectivity index (χ3v) is 4.62. The normalized spacial score (nSPS) is 12.0. The molecular weight excluding hydrogens is 328 g/mol. The molecule has 26 heavy (non-hydrogen) atoms. The molecule has 6 heteroatoms. The molecule has 2 heterocycles. The van der Waals surface area contributed by atoms with E-state index in [4.69, 9.17) is 9.72 Å². The second kappa shape index (κ2) is 6.78. The highest BCUT2D eigenvalue weighted by atomic mass is 16.5. The van der Waals surface area contributed by atoms with Gasteiger partial charge < -0.3 is 14.5 Å². The van der Waals surface area contributed by atoms with Gasteiger partial charge in [-0.3, -0.25) is 0 Å². The molecule has 3 aromatic rings. The molecule has 0 unspecified atom stereocenters. The lowest BCUT2D eigenvalue weighted by molar-refractivity contribution is 0.318. The number of nitrogens with zero attached hydrogens (tertiary/aromatic N) is 4. The smallest absolute Gasteiger partial charge is 0.149 e. The monoisotopic (exact) mass is 352 g/mol. The predicted molar refractivity (Wildman–Crippen MR) is 103 cm³/mol. The average Bonchev–Trinajstić information content (AvgIpc) is 2.91. The van der Waals surface area contributed by atoms with Crippen molar-refractivity contribution in [1.29, 1.82) is 0 Å². The van der Waals surface area contributed by atoms with Gasteiger partial charge in [-0.05, 0) is 62.9 Å². The van der Waals surface area contributed by atoms with Crippen molar-refractivity contribution in [2.75, 3.05) is 7.11 Å². The molecule has 0 spiro atoms. The summed E-state index contributed by atoms with van der Waals surface area (Å²) in [6.45, 7) is 9.96. The first-order valence-corrected chi connectivity index (χ1v) is 8.64. The summed E-state index contributed by atoms with van der Waals surface area (Å²) in [4.78, 5) is 9.24. The zero-order valence-electron chi connectivity index (χ0n) is 16.1. The molecule has 0 radical (unpaired) electrons. The number of benzene rings is 1. The Kier molecular flexibility index (Phi) is 4.68. The molecule has 136 valence electrons. The summed E-state index contributed by atoms with van der Waals surface area (Å²) in [6.07, 6.45) is 2.65. The van der Waals surface area contributed by atoms with Crippen LogP contribution in [-0.2, 0) is 0 Å². The number of fused-ring (bicyclic) bond motifs is 1. The van der Waals surface area contributed by atoms with Gasteiger partial charge in [0, 0.05) is 11.6 Å². The molecule has 6 nitrogen and oxygen atoms in total. The van der Waals surface area contributed by atoms with E-state index in [9.17, 15) is 5.21 Å². The van der Waals surface area contributed by atoms with Crippen LogP contribution in [-0.4, -0.2) is 32.6 Å². The lowest BCUT2D eigenvalue weighted by Crippen LogP contribution is -2.08. The molecular formula is C20H24N4O2. The second-order valence-corrected chi connectivity index (χ2v) is 6.51. The molecule has 2 aromatic heterocycles. The number of aryl methyl sites for hydroxylation is 4. The van der Waals surface area contributed by atoms with E-state index in [0.717, 1.165) is 39.2 Å². The van der Waals surface area contributed by atoms with Crippen LogP contribution in [0.4, 0.5) is 0 Å². The molecule has 0 saturated heterocycles. The standard InChI is InChI=1S/C20H24N4O2/c1-7-16(23-25)18-17-13(4)10-24(20(17)22-14(5)21-18)19-11(2)8-15(26-6)9-12(19)3/h8-10,25H,7H2,1-6H3. The molecule has 0 bridgehead atoms. The van der Waals surface area contributed by atoms with Gasteiger partial charge in [0.1, 0.15) is 28.6 Å². The van der Waals surface area contributed by atoms with Crippen molar-refractivity contribution < 1.29 is 9.94 Å². The number of aromatic nitrogens is 3. The first-order valence-electron chi connectivity index (χ1n) is 8.64. The Morgan fingerprint density at radius 1 is 1.12 bits per heavy atom. The summed E-state index contributed by atoms with van der Waals surface area (Å²) in [5, 5.41) is 13.8. The summed E-state index contributed by atoms with van der Waals surface area (Å²) >= 11 is 0. The topological polar surface area (TPSA) is 72.5 Å². The van der Waals surface area contributed by atoms with Crippen molar-refractivity contribution in [3.8, 4) is 11.4 Å². The third-order valence-electron chi connectivity index (χ3n) is 4.62. The lowest BCUT2D eigenvalue weighted by atomic mass is 10.1. The summed E-state index contributed by atoms with van der Waals surface area (Å²) in [7, 11) is 1.67. The van der Waals surface area contributed by atoms with E-state index in [-0.39, 0.29) is 0 Å². The van der Waals surface area contributed by atoms with Gasteiger partial charge in [0.2, 0.25) is 0 Å². The van der Waals surface area contributed by atoms with E-state index in [1.165, 1.54) is 0 Å². The Morgan fingerprint density at radius 2 is 1.77 bits per heavy atom. The Hall–Kier alpha value is -2.89. The summed E-state index contributed by atoms with van der Waals surface area (Å²) in [5.41, 5.74) is 6.38. The highest BCUT2D eigenvalue weighted by Gasteiger charge is 2.20. The fourth-order valence-electron chi connectivity index (χ4n) is 3.49. The number of rotatable bonds is 4. The van der Waals surface area contributed by atoms with E-state index in [2.05, 4.69) is 34.8 Å². The van der Waals surface area contributed by atoms with Crippen LogP contribution in [0.5, 0.6) is 5.75 Å². The van der Waals surface area contributed by atoms with Crippen LogP contribution in [0.2, 0.25) is 0 Å². The lowest BCUT2D eigenvalue weighted by Gasteiger charge is -2.14. The van der Waals surface area contributed by atoms with Crippen molar-refractivity contribution >= 4 is 16.7 Å². The van der Waals surface area contributed by atoms with Crippen LogP contribution in [0.3, 0.4) is 0 Å². The SMILES string of the molecule is CCC(=NO)c1nc(C)nc2c1c(C)cn2-c1c(C)cc(OC)cc1C. The van der Waals surface area contributed by atoms with Gasteiger partial charge in [-0.25, -0.2) is 9.97 Å². The largest absolute Gasteiger partial charge is 0.497 e. The molecule has 3 rings (SSSR count). The molecule has 0 amide bonds. The quantitative estimate of drug-likeness (QED) is 0.433. The van der Waals surface area contributed by atoms with Gasteiger partial charge in [-0.15, -0.1) is 0 Å². The van der Waals surface area contributed by atoms with Crippen LogP contribution in [0.25, 0.3) is 16.7 Å². The molecule has 0 atom stereocenters. The number of oxime groups is 1. The van der Waals surface area contributed by atoms with E-state index in [1.807, 2.05) is 32.9 Å². The van der Waals surface area contributed by atoms with Gasteiger partial charge in [0.05, 0.1) is 12.8 Å². The van der Waals surface area contributed by atoms with Crippen LogP contribution < -0.4 is 4.74 Å². The Bertz CT molecular complexity index is 995. The minimum Gasteiger partial charge on any atom is -0.497 e. The molecule has 0 fully saturated rings. The minimum absolute atomic E-state index is 0.560. The zero-order chi connectivity index (χ0) is 19.0. The van der Waals surface area contributed by atoms with Crippen LogP contribution in [0.15, 0.2) is 23.5 Å². The van der Waals surface area contributed by atoms with Gasteiger partial charge in [0.25, 0.3) is 0 Å². The van der Waals surface area contributed by atoms with Gasteiger partial charge in [-0.1, -0.05) is 12.1 Å². The second-order valence-electron chi connectivity index (χ2n) is 6.51. The minimum atomic E-state index is 0.560. The number of hydrogen-bond donors (Lipinski definition) is 1. The van der Waals surface area contributed by atoms with Crippen molar-refractivity contribution in [1.82, 2.24) is 14.5 Å². The van der Waals surface area contributed by atoms with E-state index < -0.39 is 0 Å². The van der Waals surface area contributed by atoms with Crippen molar-refractivity contribution in [2.45, 2.75) is 41.0 Å². The summed E-state index contributed by atoms with van der Waals surface area (Å²) in [6, 6.07) is 4.04. The summed E-state index contributed by atoms with van der Waals surface area (Å²) < 4.78 is 7.47. The maximum atomic E-state index is 9.40. The fraction of sp³-hybridized carbons (Fsp3) is 0.350. The highest BCUT2D eigenvalue weighted by Crippen LogP contribution is 2.31. The maximum absolute atomic E-state index is 9.40. The van der Waals surface area contributed by atoms with E-state index in [1.54, 1.807) is 7.11 Å². The van der Waals surface area contributed by atoms with Crippen molar-refractivity contribution in [2.24, 2.45) is 5.16 Å². The van der Waals surface area contributed by atoms with Gasteiger partial charge in [0.15, 0.2) is 0 Å². The van der Waals surface area contributed by atoms with Crippen molar-refractivity contribution in [3.63, 3.8) is 0 Å². The highest BCUT2D eigenvalue weighted by molar-refractivity contribution is 6.09. The Labute approximate surface area is 153 Å². The fourth-order valence-corrected chi connectivity index (χ4v) is 3.49. The predicted octanol–water partition coefficient (Wildman–Crippen LogP) is 4.25. The Morgan fingerprint density at radius 3 is 2.31 bits per heavy atom. The number of methoxy groups -OCH3 is 1. The van der Waals surface area contributed by atoms with Gasteiger partial charge >= 0.3 is 0 Å². The number of ether oxygens (including phenoxy) is 1. The van der Waals surface area contributed by atoms with Gasteiger partial charge in [-0.2, -0.15) is 0 Å². The average molecular weight is 352 g/mol. The number of hydrogen-bond acceptors (Lipinski definition) is 5. The zero-order valence-corrected chi connectivity index (χ0v) is 16.1.